The number of nitrogens with one attached hydrogen (secondary N) is 2. The molecule has 2 fully saturated rings. The highest BCUT2D eigenvalue weighted by atomic mass is 32.2. The van der Waals surface area contributed by atoms with Crippen molar-refractivity contribution in [2.45, 2.75) is 56.1 Å². The third-order valence-corrected chi connectivity index (χ3v) is 6.41. The van der Waals surface area contributed by atoms with Gasteiger partial charge in [-0.15, -0.1) is 0 Å². The number of benzene rings is 1. The Bertz CT molecular complexity index is 721. The van der Waals surface area contributed by atoms with Crippen molar-refractivity contribution in [3.8, 4) is 0 Å². The molecule has 3 atom stereocenters. The Hall–Kier alpha value is -1.48. The van der Waals surface area contributed by atoms with Crippen LogP contribution in [0.3, 0.4) is 0 Å². The van der Waals surface area contributed by atoms with Crippen molar-refractivity contribution < 1.29 is 23.1 Å². The maximum Gasteiger partial charge on any atom is 0.223 e. The molecule has 1 saturated carbocycles. The van der Waals surface area contributed by atoms with Crippen LogP contribution in [-0.2, 0) is 25.3 Å². The molecule has 1 aromatic carbocycles. The van der Waals surface area contributed by atoms with Crippen LogP contribution >= 0.6 is 0 Å². The highest BCUT2D eigenvalue weighted by Crippen LogP contribution is 2.29. The number of amides is 1. The molecule has 7 nitrogen and oxygen atoms in total. The second kappa shape index (κ2) is 9.14. The number of hydrogen-bond donors (Lipinski definition) is 3. The summed E-state index contributed by atoms with van der Waals surface area (Å²) >= 11 is 0. The van der Waals surface area contributed by atoms with Gasteiger partial charge in [0.25, 0.3) is 0 Å². The summed E-state index contributed by atoms with van der Waals surface area (Å²) in [6.45, 7) is 0.298. The number of rotatable bonds is 9. The lowest BCUT2D eigenvalue weighted by molar-refractivity contribution is -0.122. The molecule has 1 aliphatic carbocycles. The summed E-state index contributed by atoms with van der Waals surface area (Å²) in [5, 5.41) is 12.5. The Kier molecular flexibility index (Phi) is 6.86. The molecule has 8 heteroatoms. The summed E-state index contributed by atoms with van der Waals surface area (Å²) in [5.41, 5.74) is 0.714. The van der Waals surface area contributed by atoms with Crippen LogP contribution in [0.25, 0.3) is 0 Å². The van der Waals surface area contributed by atoms with Crippen LogP contribution < -0.4 is 10.0 Å². The molecule has 0 aromatic heterocycles. The normalized spacial score (nSPS) is 25.9. The third-order valence-electron chi connectivity index (χ3n) is 5.04. The fourth-order valence-corrected chi connectivity index (χ4v) is 4.84. The number of ether oxygens (including phenoxy) is 1. The molecular formula is C19H28N2O5S. The van der Waals surface area contributed by atoms with E-state index in [-0.39, 0.29) is 30.3 Å². The Balaban J connectivity index is 1.46. The minimum atomic E-state index is -3.52. The summed E-state index contributed by atoms with van der Waals surface area (Å²) in [6.07, 6.45) is 3.24. The van der Waals surface area contributed by atoms with Gasteiger partial charge in [0.1, 0.15) is 0 Å². The van der Waals surface area contributed by atoms with Gasteiger partial charge in [-0.2, -0.15) is 0 Å². The lowest BCUT2D eigenvalue weighted by Gasteiger charge is -2.36. The van der Waals surface area contributed by atoms with Gasteiger partial charge >= 0.3 is 0 Å². The van der Waals surface area contributed by atoms with Gasteiger partial charge in [0.2, 0.25) is 15.9 Å². The monoisotopic (exact) mass is 396 g/mol. The van der Waals surface area contributed by atoms with Crippen molar-refractivity contribution in [1.82, 2.24) is 10.0 Å². The van der Waals surface area contributed by atoms with E-state index in [0.29, 0.717) is 31.4 Å². The van der Waals surface area contributed by atoms with Crippen molar-refractivity contribution in [2.75, 3.05) is 13.2 Å². The summed E-state index contributed by atoms with van der Waals surface area (Å²) in [4.78, 5) is 11.7. The zero-order chi connectivity index (χ0) is 19.3. The van der Waals surface area contributed by atoms with Crippen molar-refractivity contribution in [2.24, 2.45) is 5.92 Å². The maximum absolute atomic E-state index is 12.4. The molecular weight excluding hydrogens is 368 g/mol. The number of carbonyl (C=O) groups is 1. The molecule has 0 radical (unpaired) electrons. The van der Waals surface area contributed by atoms with E-state index in [1.54, 1.807) is 24.3 Å². The van der Waals surface area contributed by atoms with Crippen LogP contribution in [0.4, 0.5) is 0 Å². The molecule has 1 aliphatic heterocycles. The maximum atomic E-state index is 12.4. The predicted molar refractivity (Wildman–Crippen MR) is 101 cm³/mol. The predicted octanol–water partition coefficient (Wildman–Crippen LogP) is 0.931. The molecule has 0 unspecified atom stereocenters. The first kappa shape index (κ1) is 20.3. The molecule has 2 aliphatic rings. The topological polar surface area (TPSA) is 105 Å². The lowest BCUT2D eigenvalue weighted by Crippen LogP contribution is -2.51. The van der Waals surface area contributed by atoms with Gasteiger partial charge in [-0.25, -0.2) is 13.1 Å². The standard InChI is InChI=1S/C19H28N2O5S/c22-12-18-17(21-27(24,25)13-14-4-2-1-3-5-14)9-8-16(26-18)10-11-20-19(23)15-6-7-15/h1-5,15-18,21-22H,6-13H2,(H,20,23)/t16-,17+,18+/m1/s1. The van der Waals surface area contributed by atoms with E-state index >= 15 is 0 Å². The lowest BCUT2D eigenvalue weighted by atomic mass is 9.98. The molecule has 1 heterocycles. The van der Waals surface area contributed by atoms with Gasteiger partial charge in [0, 0.05) is 12.5 Å². The molecule has 1 saturated heterocycles. The van der Waals surface area contributed by atoms with E-state index in [0.717, 1.165) is 12.8 Å². The van der Waals surface area contributed by atoms with Crippen LogP contribution in [0.5, 0.6) is 0 Å². The Morgan fingerprint density at radius 1 is 1.15 bits per heavy atom. The van der Waals surface area contributed by atoms with Crippen LogP contribution in [0.1, 0.15) is 37.7 Å². The molecule has 1 aromatic rings. The molecule has 3 rings (SSSR count). The van der Waals surface area contributed by atoms with E-state index in [2.05, 4.69) is 10.0 Å². The van der Waals surface area contributed by atoms with Crippen LogP contribution in [0.15, 0.2) is 30.3 Å². The molecule has 150 valence electrons. The van der Waals surface area contributed by atoms with Gasteiger partial charge in [-0.05, 0) is 37.7 Å². The van der Waals surface area contributed by atoms with Gasteiger partial charge < -0.3 is 15.2 Å². The average molecular weight is 397 g/mol. The van der Waals surface area contributed by atoms with Gasteiger partial charge in [0.15, 0.2) is 0 Å². The average Bonchev–Trinajstić information content (AvgIpc) is 3.48. The molecule has 27 heavy (non-hydrogen) atoms. The first-order valence-electron chi connectivity index (χ1n) is 9.55. The quantitative estimate of drug-likeness (QED) is 0.576. The van der Waals surface area contributed by atoms with E-state index in [4.69, 9.17) is 4.74 Å². The largest absolute Gasteiger partial charge is 0.394 e. The number of aliphatic hydroxyl groups is 1. The first-order valence-corrected chi connectivity index (χ1v) is 11.2. The number of sulfonamides is 1. The molecule has 0 spiro atoms. The van der Waals surface area contributed by atoms with E-state index in [1.165, 1.54) is 0 Å². The molecule has 3 N–H and O–H groups in total. The van der Waals surface area contributed by atoms with Crippen LogP contribution in [0, 0.1) is 5.92 Å². The van der Waals surface area contributed by atoms with Crippen LogP contribution in [-0.4, -0.2) is 50.8 Å². The highest BCUT2D eigenvalue weighted by Gasteiger charge is 2.34. The fourth-order valence-electron chi connectivity index (χ4n) is 3.39. The van der Waals surface area contributed by atoms with Crippen LogP contribution in [0.2, 0.25) is 0 Å². The van der Waals surface area contributed by atoms with Gasteiger partial charge in [0.05, 0.1) is 30.6 Å². The number of hydrogen-bond acceptors (Lipinski definition) is 5. The minimum absolute atomic E-state index is 0.0865. The zero-order valence-corrected chi connectivity index (χ0v) is 16.2. The van der Waals surface area contributed by atoms with Crippen molar-refractivity contribution >= 4 is 15.9 Å². The Labute approximate surface area is 160 Å². The molecule has 1 amide bonds. The highest BCUT2D eigenvalue weighted by molar-refractivity contribution is 7.88. The second-order valence-corrected chi connectivity index (χ2v) is 9.13. The number of carbonyl (C=O) groups excluding carboxylic acids is 1. The van der Waals surface area contributed by atoms with Crippen molar-refractivity contribution in [3.63, 3.8) is 0 Å². The molecule has 0 bridgehead atoms. The summed E-state index contributed by atoms with van der Waals surface area (Å²) in [6, 6.07) is 8.54. The summed E-state index contributed by atoms with van der Waals surface area (Å²) in [5.74, 6) is 0.195. The third kappa shape index (κ3) is 6.27. The van der Waals surface area contributed by atoms with E-state index in [9.17, 15) is 18.3 Å². The van der Waals surface area contributed by atoms with Gasteiger partial charge in [-0.3, -0.25) is 4.79 Å². The summed E-state index contributed by atoms with van der Waals surface area (Å²) < 4.78 is 33.4. The fraction of sp³-hybridized carbons (Fsp3) is 0.632. The smallest absolute Gasteiger partial charge is 0.223 e. The summed E-state index contributed by atoms with van der Waals surface area (Å²) in [7, 11) is -3.52. The minimum Gasteiger partial charge on any atom is -0.394 e. The second-order valence-electron chi connectivity index (χ2n) is 7.38. The Morgan fingerprint density at radius 3 is 2.56 bits per heavy atom. The SMILES string of the molecule is O=C(NCC[C@H]1CC[C@H](NS(=O)(=O)Cc2ccccc2)[C@H](CO)O1)C1CC1. The van der Waals surface area contributed by atoms with E-state index in [1.807, 2.05) is 6.07 Å². The van der Waals surface area contributed by atoms with Gasteiger partial charge in [-0.1, -0.05) is 30.3 Å². The zero-order valence-electron chi connectivity index (χ0n) is 15.3. The first-order chi connectivity index (χ1) is 13.0. The Morgan fingerprint density at radius 2 is 1.89 bits per heavy atom. The van der Waals surface area contributed by atoms with E-state index < -0.39 is 22.2 Å². The van der Waals surface area contributed by atoms with Crippen molar-refractivity contribution in [1.29, 1.82) is 0 Å². The number of aliphatic hydroxyl groups excluding tert-OH is 1. The van der Waals surface area contributed by atoms with Crippen molar-refractivity contribution in [3.05, 3.63) is 35.9 Å².